The number of hydrogen-bond donors (Lipinski definition) is 1. The summed E-state index contributed by atoms with van der Waals surface area (Å²) in [6.45, 7) is 7.21. The SMILES string of the molecule is CC(C)(C)NCc1ccoc1COc1ccccc1F. The molecule has 1 aromatic heterocycles. The van der Waals surface area contributed by atoms with Crippen molar-refractivity contribution in [2.75, 3.05) is 0 Å². The highest BCUT2D eigenvalue weighted by Crippen LogP contribution is 2.19. The average molecular weight is 277 g/mol. The lowest BCUT2D eigenvalue weighted by molar-refractivity contribution is 0.256. The second-order valence-corrected chi connectivity index (χ2v) is 5.69. The van der Waals surface area contributed by atoms with Gasteiger partial charge in [-0.05, 0) is 39.0 Å². The number of hydrogen-bond acceptors (Lipinski definition) is 3. The molecule has 108 valence electrons. The lowest BCUT2D eigenvalue weighted by Gasteiger charge is -2.20. The molecule has 0 aliphatic carbocycles. The first-order valence-corrected chi connectivity index (χ1v) is 6.63. The van der Waals surface area contributed by atoms with Gasteiger partial charge in [-0.2, -0.15) is 0 Å². The molecule has 2 aromatic rings. The van der Waals surface area contributed by atoms with Crippen molar-refractivity contribution in [1.29, 1.82) is 0 Å². The summed E-state index contributed by atoms with van der Waals surface area (Å²) in [4.78, 5) is 0. The van der Waals surface area contributed by atoms with Gasteiger partial charge in [0.2, 0.25) is 0 Å². The highest BCUT2D eigenvalue weighted by atomic mass is 19.1. The molecule has 0 amide bonds. The Morgan fingerprint density at radius 2 is 1.95 bits per heavy atom. The normalized spacial score (nSPS) is 11.6. The van der Waals surface area contributed by atoms with Crippen molar-refractivity contribution in [3.05, 3.63) is 53.7 Å². The van der Waals surface area contributed by atoms with Crippen LogP contribution in [0.25, 0.3) is 0 Å². The van der Waals surface area contributed by atoms with Crippen LogP contribution in [0.2, 0.25) is 0 Å². The van der Waals surface area contributed by atoms with Crippen LogP contribution in [0.4, 0.5) is 4.39 Å². The van der Waals surface area contributed by atoms with Gasteiger partial charge in [-0.15, -0.1) is 0 Å². The van der Waals surface area contributed by atoms with Crippen LogP contribution >= 0.6 is 0 Å². The van der Waals surface area contributed by atoms with E-state index in [1.807, 2.05) is 6.07 Å². The Bertz CT molecular complexity index is 558. The minimum atomic E-state index is -0.367. The fourth-order valence-electron chi connectivity index (χ4n) is 1.72. The molecule has 0 atom stereocenters. The van der Waals surface area contributed by atoms with Gasteiger partial charge < -0.3 is 14.5 Å². The number of ether oxygens (including phenoxy) is 1. The summed E-state index contributed by atoms with van der Waals surface area (Å²) >= 11 is 0. The highest BCUT2D eigenvalue weighted by molar-refractivity contribution is 5.24. The second-order valence-electron chi connectivity index (χ2n) is 5.69. The molecular weight excluding hydrogens is 257 g/mol. The van der Waals surface area contributed by atoms with E-state index in [0.29, 0.717) is 12.3 Å². The summed E-state index contributed by atoms with van der Waals surface area (Å²) in [5.74, 6) is 0.581. The van der Waals surface area contributed by atoms with Crippen LogP contribution in [0.5, 0.6) is 5.75 Å². The van der Waals surface area contributed by atoms with Crippen molar-refractivity contribution >= 4 is 0 Å². The highest BCUT2D eigenvalue weighted by Gasteiger charge is 2.13. The number of furan rings is 1. The van der Waals surface area contributed by atoms with Crippen molar-refractivity contribution in [1.82, 2.24) is 5.32 Å². The number of para-hydroxylation sites is 1. The van der Waals surface area contributed by atoms with Crippen LogP contribution in [-0.2, 0) is 13.2 Å². The van der Waals surface area contributed by atoms with Crippen LogP contribution in [0.1, 0.15) is 32.1 Å². The van der Waals surface area contributed by atoms with Gasteiger partial charge in [-0.3, -0.25) is 0 Å². The van der Waals surface area contributed by atoms with Gasteiger partial charge in [0.05, 0.1) is 6.26 Å². The van der Waals surface area contributed by atoms with Crippen molar-refractivity contribution in [2.45, 2.75) is 39.5 Å². The maximum Gasteiger partial charge on any atom is 0.165 e. The fraction of sp³-hybridized carbons (Fsp3) is 0.375. The van der Waals surface area contributed by atoms with Gasteiger partial charge >= 0.3 is 0 Å². The number of rotatable bonds is 5. The Hall–Kier alpha value is -1.81. The van der Waals surface area contributed by atoms with Crippen LogP contribution in [-0.4, -0.2) is 5.54 Å². The molecule has 0 saturated carbocycles. The zero-order chi connectivity index (χ0) is 14.6. The molecule has 0 bridgehead atoms. The minimum Gasteiger partial charge on any atom is -0.483 e. The average Bonchev–Trinajstić information content (AvgIpc) is 2.82. The number of halogens is 1. The van der Waals surface area contributed by atoms with E-state index in [1.165, 1.54) is 6.07 Å². The minimum absolute atomic E-state index is 0.0287. The first-order valence-electron chi connectivity index (χ1n) is 6.63. The summed E-state index contributed by atoms with van der Waals surface area (Å²) in [5.41, 5.74) is 1.05. The van der Waals surface area contributed by atoms with Crippen molar-refractivity contribution in [2.24, 2.45) is 0 Å². The fourth-order valence-corrected chi connectivity index (χ4v) is 1.72. The van der Waals surface area contributed by atoms with Crippen LogP contribution in [0, 0.1) is 5.82 Å². The Morgan fingerprint density at radius 1 is 1.20 bits per heavy atom. The van der Waals surface area contributed by atoms with Gasteiger partial charge in [0, 0.05) is 17.6 Å². The zero-order valence-corrected chi connectivity index (χ0v) is 12.1. The Labute approximate surface area is 118 Å². The molecule has 0 aliphatic rings. The Morgan fingerprint density at radius 3 is 2.65 bits per heavy atom. The van der Waals surface area contributed by atoms with Crippen molar-refractivity contribution in [3.8, 4) is 5.75 Å². The third-order valence-electron chi connectivity index (χ3n) is 2.84. The third-order valence-corrected chi connectivity index (χ3v) is 2.84. The molecule has 0 radical (unpaired) electrons. The molecule has 20 heavy (non-hydrogen) atoms. The standard InChI is InChI=1S/C16H20FNO2/c1-16(2,3)18-10-12-8-9-19-15(12)11-20-14-7-5-4-6-13(14)17/h4-9,18H,10-11H2,1-3H3. The molecule has 0 unspecified atom stereocenters. The molecule has 0 saturated heterocycles. The van der Waals surface area contributed by atoms with E-state index in [2.05, 4.69) is 26.1 Å². The molecule has 3 nitrogen and oxygen atoms in total. The number of nitrogens with one attached hydrogen (secondary N) is 1. The summed E-state index contributed by atoms with van der Waals surface area (Å²) in [6.07, 6.45) is 1.62. The second kappa shape index (κ2) is 6.09. The van der Waals surface area contributed by atoms with Gasteiger partial charge in [0.25, 0.3) is 0 Å². The maximum absolute atomic E-state index is 13.5. The van der Waals surface area contributed by atoms with Crippen LogP contribution in [0.15, 0.2) is 41.0 Å². The van der Waals surface area contributed by atoms with E-state index < -0.39 is 0 Å². The first-order chi connectivity index (χ1) is 9.46. The van der Waals surface area contributed by atoms with E-state index in [-0.39, 0.29) is 23.7 Å². The molecule has 4 heteroatoms. The molecular formula is C16H20FNO2. The zero-order valence-electron chi connectivity index (χ0n) is 12.1. The Kier molecular flexibility index (Phi) is 4.45. The molecule has 1 N–H and O–H groups in total. The lowest BCUT2D eigenvalue weighted by Crippen LogP contribution is -2.35. The summed E-state index contributed by atoms with van der Waals surface area (Å²) in [6, 6.07) is 8.25. The molecule has 0 aliphatic heterocycles. The first kappa shape index (κ1) is 14.6. The predicted molar refractivity (Wildman–Crippen MR) is 76.0 cm³/mol. The maximum atomic E-state index is 13.5. The molecule has 0 spiro atoms. The van der Waals surface area contributed by atoms with Crippen molar-refractivity contribution < 1.29 is 13.5 Å². The molecule has 1 aromatic carbocycles. The molecule has 2 rings (SSSR count). The quantitative estimate of drug-likeness (QED) is 0.900. The van der Waals surface area contributed by atoms with E-state index in [9.17, 15) is 4.39 Å². The van der Waals surface area contributed by atoms with Gasteiger partial charge in [0.15, 0.2) is 11.6 Å². The molecule has 1 heterocycles. The summed E-state index contributed by atoms with van der Waals surface area (Å²) in [7, 11) is 0. The van der Waals surface area contributed by atoms with Crippen molar-refractivity contribution in [3.63, 3.8) is 0 Å². The van der Waals surface area contributed by atoms with Crippen LogP contribution < -0.4 is 10.1 Å². The topological polar surface area (TPSA) is 34.4 Å². The van der Waals surface area contributed by atoms with E-state index >= 15 is 0 Å². The van der Waals surface area contributed by atoms with E-state index in [0.717, 1.165) is 5.56 Å². The molecule has 0 fully saturated rings. The summed E-state index contributed by atoms with van der Waals surface area (Å²) in [5, 5.41) is 3.38. The largest absolute Gasteiger partial charge is 0.483 e. The van der Waals surface area contributed by atoms with Gasteiger partial charge in [-0.1, -0.05) is 12.1 Å². The third kappa shape index (κ3) is 4.10. The Balaban J connectivity index is 1.97. The predicted octanol–water partition coefficient (Wildman–Crippen LogP) is 3.89. The van der Waals surface area contributed by atoms with Gasteiger partial charge in [-0.25, -0.2) is 4.39 Å². The van der Waals surface area contributed by atoms with E-state index in [4.69, 9.17) is 9.15 Å². The van der Waals surface area contributed by atoms with E-state index in [1.54, 1.807) is 24.5 Å². The van der Waals surface area contributed by atoms with Gasteiger partial charge in [0.1, 0.15) is 12.4 Å². The number of benzene rings is 1. The van der Waals surface area contributed by atoms with Crippen LogP contribution in [0.3, 0.4) is 0 Å². The monoisotopic (exact) mass is 277 g/mol. The summed E-state index contributed by atoms with van der Waals surface area (Å²) < 4.78 is 24.3. The smallest absolute Gasteiger partial charge is 0.165 e. The lowest BCUT2D eigenvalue weighted by atomic mass is 10.1.